The summed E-state index contributed by atoms with van der Waals surface area (Å²) >= 11 is 0. The number of nitrogens with two attached hydrogens (primary N) is 1. The molecule has 1 heterocycles. The van der Waals surface area contributed by atoms with Crippen molar-refractivity contribution in [3.05, 3.63) is 60.2 Å². The molecule has 0 fully saturated rings. The first-order valence-corrected chi connectivity index (χ1v) is 4.97. The van der Waals surface area contributed by atoms with Gasteiger partial charge in [0.2, 0.25) is 5.91 Å². The molecule has 80 valence electrons. The number of hydrogen-bond acceptors (Lipinski definition) is 2. The maximum Gasteiger partial charge on any atom is 0.248 e. The molecule has 1 aromatic carbocycles. The van der Waals surface area contributed by atoms with Crippen molar-refractivity contribution in [3.8, 4) is 0 Å². The van der Waals surface area contributed by atoms with Crippen molar-refractivity contribution >= 4 is 17.3 Å². The van der Waals surface area contributed by atoms with Crippen molar-refractivity contribution in [1.82, 2.24) is 5.32 Å². The van der Waals surface area contributed by atoms with Crippen LogP contribution in [0.2, 0.25) is 0 Å². The molecular weight excluding hydrogens is 200 g/mol. The van der Waals surface area contributed by atoms with Gasteiger partial charge in [-0.05, 0) is 18.2 Å². The average Bonchev–Trinajstić information content (AvgIpc) is 2.23. The number of nitrogen functional groups attached to an aromatic ring is 1. The Morgan fingerprint density at radius 2 is 2.00 bits per heavy atom. The smallest absolute Gasteiger partial charge is 0.248 e. The third-order valence-corrected chi connectivity index (χ3v) is 2.19. The lowest BCUT2D eigenvalue weighted by Crippen LogP contribution is -2.19. The minimum absolute atomic E-state index is 0.141. The molecule has 0 saturated heterocycles. The van der Waals surface area contributed by atoms with Crippen molar-refractivity contribution in [2.24, 2.45) is 0 Å². The molecule has 0 radical (unpaired) electrons. The van der Waals surface area contributed by atoms with Gasteiger partial charge in [-0.15, -0.1) is 0 Å². The van der Waals surface area contributed by atoms with E-state index in [1.54, 1.807) is 6.08 Å². The highest BCUT2D eigenvalue weighted by Crippen LogP contribution is 2.15. The second-order valence-electron chi connectivity index (χ2n) is 3.44. The van der Waals surface area contributed by atoms with Crippen LogP contribution >= 0.6 is 0 Å². The van der Waals surface area contributed by atoms with Crippen LogP contribution in [0.4, 0.5) is 5.69 Å². The van der Waals surface area contributed by atoms with E-state index in [0.717, 1.165) is 11.3 Å². The summed E-state index contributed by atoms with van der Waals surface area (Å²) in [6.07, 6.45) is 8.70. The number of carbonyl (C=O) groups excluding carboxylic acids is 1. The molecule has 1 amide bonds. The van der Waals surface area contributed by atoms with E-state index in [4.69, 9.17) is 5.73 Å². The molecule has 3 heteroatoms. The summed E-state index contributed by atoms with van der Waals surface area (Å²) in [6, 6.07) is 7.40. The van der Waals surface area contributed by atoms with E-state index >= 15 is 0 Å². The third-order valence-electron chi connectivity index (χ3n) is 2.19. The maximum absolute atomic E-state index is 11.4. The summed E-state index contributed by atoms with van der Waals surface area (Å²) in [4.78, 5) is 11.4. The Morgan fingerprint density at radius 1 is 1.12 bits per heavy atom. The fourth-order valence-corrected chi connectivity index (χ4v) is 1.45. The van der Waals surface area contributed by atoms with Crippen LogP contribution in [0, 0.1) is 0 Å². The summed E-state index contributed by atoms with van der Waals surface area (Å²) in [7, 11) is 0. The summed E-state index contributed by atoms with van der Waals surface area (Å²) < 4.78 is 0. The Morgan fingerprint density at radius 3 is 2.81 bits per heavy atom. The third kappa shape index (κ3) is 2.39. The van der Waals surface area contributed by atoms with Crippen LogP contribution in [0.5, 0.6) is 0 Å². The minimum atomic E-state index is -0.141. The Bertz CT molecular complexity index is 498. The van der Waals surface area contributed by atoms with E-state index < -0.39 is 0 Å². The molecule has 0 unspecified atom stereocenters. The van der Waals surface area contributed by atoms with Gasteiger partial charge in [0.05, 0.1) is 0 Å². The number of nitrogens with one attached hydrogen (secondary N) is 1. The molecule has 0 saturated carbocycles. The van der Waals surface area contributed by atoms with E-state index in [2.05, 4.69) is 5.32 Å². The quantitative estimate of drug-likeness (QED) is 0.698. The molecule has 0 spiro atoms. The van der Waals surface area contributed by atoms with Crippen molar-refractivity contribution < 1.29 is 4.79 Å². The van der Waals surface area contributed by atoms with Gasteiger partial charge in [-0.25, -0.2) is 0 Å². The normalized spacial score (nSPS) is 22.2. The van der Waals surface area contributed by atoms with Crippen LogP contribution < -0.4 is 11.1 Å². The van der Waals surface area contributed by atoms with E-state index in [1.807, 2.05) is 42.5 Å². The molecule has 3 nitrogen and oxygen atoms in total. The predicted molar refractivity (Wildman–Crippen MR) is 65.3 cm³/mol. The number of amides is 1. The van der Waals surface area contributed by atoms with Crippen LogP contribution in [0.15, 0.2) is 54.6 Å². The summed E-state index contributed by atoms with van der Waals surface area (Å²) in [6.45, 7) is 0. The van der Waals surface area contributed by atoms with Crippen molar-refractivity contribution in [1.29, 1.82) is 0 Å². The predicted octanol–water partition coefficient (Wildman–Crippen LogP) is 1.85. The van der Waals surface area contributed by atoms with Gasteiger partial charge in [-0.3, -0.25) is 4.79 Å². The second kappa shape index (κ2) is 4.49. The monoisotopic (exact) mass is 212 g/mol. The number of rotatable bonds is 1. The minimum Gasteiger partial charge on any atom is -0.399 e. The Balaban J connectivity index is 2.36. The van der Waals surface area contributed by atoms with Gasteiger partial charge >= 0.3 is 0 Å². The highest BCUT2D eigenvalue weighted by Gasteiger charge is 2.04. The second-order valence-corrected chi connectivity index (χ2v) is 3.44. The van der Waals surface area contributed by atoms with Gasteiger partial charge in [0.15, 0.2) is 0 Å². The Hall–Kier alpha value is -2.29. The number of anilines is 1. The van der Waals surface area contributed by atoms with Gasteiger partial charge in [-0.1, -0.05) is 30.4 Å². The fraction of sp³-hybridized carbons (Fsp3) is 0. The lowest BCUT2D eigenvalue weighted by Gasteiger charge is -2.09. The zero-order valence-electron chi connectivity index (χ0n) is 8.68. The lowest BCUT2D eigenvalue weighted by atomic mass is 10.1. The summed E-state index contributed by atoms with van der Waals surface area (Å²) in [5.74, 6) is -0.141. The molecule has 1 aliphatic heterocycles. The molecule has 0 atom stereocenters. The molecule has 16 heavy (non-hydrogen) atoms. The van der Waals surface area contributed by atoms with Crippen molar-refractivity contribution in [3.63, 3.8) is 0 Å². The van der Waals surface area contributed by atoms with E-state index in [-0.39, 0.29) is 5.91 Å². The van der Waals surface area contributed by atoms with Crippen molar-refractivity contribution in [2.75, 3.05) is 5.73 Å². The van der Waals surface area contributed by atoms with Crippen LogP contribution in [0.25, 0.3) is 5.70 Å². The van der Waals surface area contributed by atoms with E-state index in [1.165, 1.54) is 6.08 Å². The zero-order chi connectivity index (χ0) is 11.4. The lowest BCUT2D eigenvalue weighted by molar-refractivity contribution is -0.115. The largest absolute Gasteiger partial charge is 0.399 e. The van der Waals surface area contributed by atoms with E-state index in [9.17, 15) is 4.79 Å². The molecule has 1 aliphatic rings. The molecular formula is C13H12N2O. The van der Waals surface area contributed by atoms with E-state index in [0.29, 0.717) is 5.69 Å². The van der Waals surface area contributed by atoms with Crippen LogP contribution in [0.3, 0.4) is 0 Å². The zero-order valence-corrected chi connectivity index (χ0v) is 8.68. The highest BCUT2D eigenvalue weighted by atomic mass is 16.1. The summed E-state index contributed by atoms with van der Waals surface area (Å²) in [5.41, 5.74) is 8.02. The van der Waals surface area contributed by atoms with Crippen LogP contribution in [-0.2, 0) is 4.79 Å². The molecule has 0 aromatic heterocycles. The molecule has 2 rings (SSSR count). The Kier molecular flexibility index (Phi) is 2.87. The topological polar surface area (TPSA) is 55.1 Å². The summed E-state index contributed by atoms with van der Waals surface area (Å²) in [5, 5.41) is 2.79. The van der Waals surface area contributed by atoms with Crippen LogP contribution in [0.1, 0.15) is 5.56 Å². The Labute approximate surface area is 94.0 Å². The van der Waals surface area contributed by atoms with Crippen molar-refractivity contribution in [2.45, 2.75) is 0 Å². The molecule has 1 aromatic rings. The van der Waals surface area contributed by atoms with Gasteiger partial charge in [0.1, 0.15) is 0 Å². The fourth-order valence-electron chi connectivity index (χ4n) is 1.45. The number of hydrogen-bond donors (Lipinski definition) is 2. The molecule has 0 aliphatic carbocycles. The number of carbonyl (C=O) groups is 1. The SMILES string of the molecule is Nc1cccc(/C2=C/C=C\C=C/C(=O)N2)c1. The first-order valence-electron chi connectivity index (χ1n) is 4.97. The number of allylic oxidation sites excluding steroid dienone is 4. The van der Waals surface area contributed by atoms with Gasteiger partial charge in [-0.2, -0.15) is 0 Å². The van der Waals surface area contributed by atoms with Gasteiger partial charge in [0, 0.05) is 23.0 Å². The standard InChI is InChI=1S/C13H12N2O/c14-11-6-4-5-10(9-11)12-7-2-1-3-8-13(16)15-12/h1-9H,14H2,(H,15,16). The maximum atomic E-state index is 11.4. The first-order chi connectivity index (χ1) is 7.75. The molecule has 0 bridgehead atoms. The first kappa shape index (κ1) is 10.2. The molecule has 3 N–H and O–H groups in total. The highest BCUT2D eigenvalue weighted by molar-refractivity contribution is 5.95. The van der Waals surface area contributed by atoms with Gasteiger partial charge < -0.3 is 11.1 Å². The number of benzene rings is 1. The van der Waals surface area contributed by atoms with Gasteiger partial charge in [0.25, 0.3) is 0 Å². The van der Waals surface area contributed by atoms with Crippen LogP contribution in [-0.4, -0.2) is 5.91 Å². The average molecular weight is 212 g/mol.